The van der Waals surface area contributed by atoms with Gasteiger partial charge in [0.05, 0.1) is 5.39 Å². The van der Waals surface area contributed by atoms with Gasteiger partial charge in [0, 0.05) is 31.3 Å². The molecule has 38 heavy (non-hydrogen) atoms. The minimum atomic E-state index is -4.80. The summed E-state index contributed by atoms with van der Waals surface area (Å²) in [5, 5.41) is 11.1. The Bertz CT molecular complexity index is 1510. The summed E-state index contributed by atoms with van der Waals surface area (Å²) in [5.41, 5.74) is -3.37. The number of alkyl halides is 3. The molecule has 3 aromatic rings. The normalized spacial score (nSPS) is 18.8. The molecular formula is C24H18F6N4O4. The van der Waals surface area contributed by atoms with E-state index in [4.69, 9.17) is 0 Å². The summed E-state index contributed by atoms with van der Waals surface area (Å²) in [4.78, 5) is 43.5. The highest BCUT2D eigenvalue weighted by molar-refractivity contribution is 6.00. The van der Waals surface area contributed by atoms with Crippen LogP contribution in [-0.4, -0.2) is 51.3 Å². The molecule has 2 amide bonds. The quantitative estimate of drug-likeness (QED) is 0.485. The Labute approximate surface area is 209 Å². The van der Waals surface area contributed by atoms with Gasteiger partial charge in [-0.25, -0.2) is 18.2 Å². The second-order valence-corrected chi connectivity index (χ2v) is 9.13. The summed E-state index contributed by atoms with van der Waals surface area (Å²) in [7, 11) is 0. The maximum Gasteiger partial charge on any atom is 0.408 e. The minimum absolute atomic E-state index is 0.0441. The molecule has 0 radical (unpaired) electrons. The van der Waals surface area contributed by atoms with Gasteiger partial charge >= 0.3 is 6.18 Å². The van der Waals surface area contributed by atoms with E-state index in [1.165, 1.54) is 6.07 Å². The lowest BCUT2D eigenvalue weighted by molar-refractivity contribution is -0.158. The SMILES string of the molecule is O=C(N[C@@H](C1CC1)C(F)(F)F)c1cn(-c2c(F)cc(F)cc2F)c2nc(N3CC[C@@H](O)C3=O)ccc2c1=O. The van der Waals surface area contributed by atoms with Crippen molar-refractivity contribution >= 4 is 28.7 Å². The summed E-state index contributed by atoms with van der Waals surface area (Å²) in [6.45, 7) is 0.0441. The van der Waals surface area contributed by atoms with Crippen molar-refractivity contribution in [1.29, 1.82) is 0 Å². The zero-order valence-electron chi connectivity index (χ0n) is 19.2. The molecule has 1 saturated carbocycles. The molecule has 2 aromatic heterocycles. The Balaban J connectivity index is 1.70. The zero-order valence-corrected chi connectivity index (χ0v) is 19.2. The fourth-order valence-electron chi connectivity index (χ4n) is 4.45. The smallest absolute Gasteiger partial charge is 0.383 e. The number of aliphatic hydroxyl groups excluding tert-OH is 1. The Morgan fingerprint density at radius 3 is 2.29 bits per heavy atom. The van der Waals surface area contributed by atoms with Crippen LogP contribution in [0.5, 0.6) is 0 Å². The first-order valence-corrected chi connectivity index (χ1v) is 11.4. The Morgan fingerprint density at radius 2 is 1.74 bits per heavy atom. The number of nitrogens with zero attached hydrogens (tertiary/aromatic N) is 3. The predicted molar refractivity (Wildman–Crippen MR) is 120 cm³/mol. The summed E-state index contributed by atoms with van der Waals surface area (Å²) in [6.07, 6.45) is -4.97. The van der Waals surface area contributed by atoms with E-state index in [1.54, 1.807) is 5.32 Å². The molecule has 1 saturated heterocycles. The molecule has 2 atom stereocenters. The number of halogens is 6. The maximum atomic E-state index is 14.8. The second-order valence-electron chi connectivity index (χ2n) is 9.13. The molecule has 5 rings (SSSR count). The molecule has 1 aliphatic heterocycles. The second kappa shape index (κ2) is 9.11. The number of benzene rings is 1. The molecule has 0 spiro atoms. The van der Waals surface area contributed by atoms with E-state index >= 15 is 0 Å². The molecule has 8 nitrogen and oxygen atoms in total. The van der Waals surface area contributed by atoms with Crippen LogP contribution >= 0.6 is 0 Å². The van der Waals surface area contributed by atoms with Gasteiger partial charge in [-0.3, -0.25) is 23.9 Å². The average molecular weight is 540 g/mol. The van der Waals surface area contributed by atoms with E-state index in [0.717, 1.165) is 11.0 Å². The van der Waals surface area contributed by atoms with Gasteiger partial charge < -0.3 is 10.4 Å². The molecule has 2 fully saturated rings. The number of fused-ring (bicyclic) bond motifs is 1. The van der Waals surface area contributed by atoms with Crippen molar-refractivity contribution in [3.63, 3.8) is 0 Å². The third kappa shape index (κ3) is 4.48. The Hall–Kier alpha value is -3.94. The molecule has 200 valence electrons. The van der Waals surface area contributed by atoms with E-state index in [9.17, 15) is 45.8 Å². The van der Waals surface area contributed by atoms with Crippen LogP contribution in [0.2, 0.25) is 0 Å². The summed E-state index contributed by atoms with van der Waals surface area (Å²) < 4.78 is 84.3. The zero-order chi connectivity index (χ0) is 27.5. The molecule has 3 heterocycles. The van der Waals surface area contributed by atoms with Crippen molar-refractivity contribution < 1.29 is 41.0 Å². The third-order valence-corrected chi connectivity index (χ3v) is 6.49. The Kier molecular flexibility index (Phi) is 6.16. The number of rotatable bonds is 5. The van der Waals surface area contributed by atoms with E-state index in [2.05, 4.69) is 4.98 Å². The predicted octanol–water partition coefficient (Wildman–Crippen LogP) is 2.97. The molecule has 2 N–H and O–H groups in total. The van der Waals surface area contributed by atoms with Crippen molar-refractivity contribution in [3.05, 3.63) is 63.7 Å². The molecule has 14 heteroatoms. The first kappa shape index (κ1) is 25.7. The molecule has 1 aliphatic carbocycles. The number of aromatic nitrogens is 2. The van der Waals surface area contributed by atoms with E-state index in [0.29, 0.717) is 22.9 Å². The van der Waals surface area contributed by atoms with E-state index in [1.807, 2.05) is 0 Å². The van der Waals surface area contributed by atoms with Crippen LogP contribution < -0.4 is 15.6 Å². The van der Waals surface area contributed by atoms with Crippen LogP contribution in [0.25, 0.3) is 16.7 Å². The fraction of sp³-hybridized carbons (Fsp3) is 0.333. The largest absolute Gasteiger partial charge is 0.408 e. The van der Waals surface area contributed by atoms with Gasteiger partial charge in [-0.05, 0) is 30.9 Å². The summed E-state index contributed by atoms with van der Waals surface area (Å²) in [6, 6.07) is 0.711. The topological polar surface area (TPSA) is 105 Å². The van der Waals surface area contributed by atoms with Crippen molar-refractivity contribution in [2.75, 3.05) is 11.4 Å². The van der Waals surface area contributed by atoms with Crippen LogP contribution in [0.1, 0.15) is 29.6 Å². The number of carbonyl (C=O) groups excluding carboxylic acids is 2. The first-order valence-electron chi connectivity index (χ1n) is 11.4. The average Bonchev–Trinajstić information content (AvgIpc) is 3.61. The monoisotopic (exact) mass is 540 g/mol. The molecule has 0 unspecified atom stereocenters. The van der Waals surface area contributed by atoms with Crippen molar-refractivity contribution in [2.45, 2.75) is 37.6 Å². The number of nitrogens with one attached hydrogen (secondary N) is 1. The van der Waals surface area contributed by atoms with Gasteiger partial charge in [-0.2, -0.15) is 13.2 Å². The number of hydrogen-bond donors (Lipinski definition) is 2. The summed E-state index contributed by atoms with van der Waals surface area (Å²) in [5.74, 6) is -7.28. The van der Waals surface area contributed by atoms with Crippen molar-refractivity contribution in [1.82, 2.24) is 14.9 Å². The standard InChI is InChI=1S/C24H18F6N4O4/c25-11-7-14(26)18(15(27)8-11)34-9-13(22(37)32-20(10-1-2-10)24(28,29)30)19(36)12-3-4-17(31-21(12)34)33-6-5-16(35)23(33)38/h3-4,7-10,16,20,35H,1-2,5-6H2,(H,32,37)/t16-,20+/m1/s1. The number of pyridine rings is 2. The van der Waals surface area contributed by atoms with Gasteiger partial charge in [0.2, 0.25) is 5.43 Å². The highest BCUT2D eigenvalue weighted by atomic mass is 19.4. The fourth-order valence-corrected chi connectivity index (χ4v) is 4.45. The molecule has 2 aliphatic rings. The maximum absolute atomic E-state index is 14.8. The van der Waals surface area contributed by atoms with Gasteiger partial charge in [0.25, 0.3) is 11.8 Å². The lowest BCUT2D eigenvalue weighted by Gasteiger charge is -2.22. The number of aliphatic hydroxyl groups is 1. The summed E-state index contributed by atoms with van der Waals surface area (Å²) >= 11 is 0. The number of hydrogen-bond acceptors (Lipinski definition) is 5. The van der Waals surface area contributed by atoms with Crippen LogP contribution in [0.4, 0.5) is 32.2 Å². The number of amides is 2. The lowest BCUT2D eigenvalue weighted by Crippen LogP contribution is -2.48. The van der Waals surface area contributed by atoms with Gasteiger partial charge in [-0.15, -0.1) is 0 Å². The van der Waals surface area contributed by atoms with Crippen LogP contribution in [-0.2, 0) is 4.79 Å². The van der Waals surface area contributed by atoms with Gasteiger partial charge in [0.1, 0.15) is 35.0 Å². The first-order chi connectivity index (χ1) is 17.9. The number of anilines is 1. The van der Waals surface area contributed by atoms with E-state index in [-0.39, 0.29) is 31.6 Å². The van der Waals surface area contributed by atoms with Crippen LogP contribution in [0.15, 0.2) is 35.3 Å². The van der Waals surface area contributed by atoms with Gasteiger partial charge in [0.15, 0.2) is 17.3 Å². The Morgan fingerprint density at radius 1 is 1.08 bits per heavy atom. The minimum Gasteiger partial charge on any atom is -0.383 e. The molecule has 1 aromatic carbocycles. The van der Waals surface area contributed by atoms with Crippen molar-refractivity contribution in [2.24, 2.45) is 5.92 Å². The third-order valence-electron chi connectivity index (χ3n) is 6.49. The van der Waals surface area contributed by atoms with Crippen LogP contribution in [0.3, 0.4) is 0 Å². The highest BCUT2D eigenvalue weighted by Crippen LogP contribution is 2.40. The molecular weight excluding hydrogens is 522 g/mol. The van der Waals surface area contributed by atoms with E-state index < -0.39 is 81.2 Å². The number of carbonyl (C=O) groups is 2. The molecule has 0 bridgehead atoms. The lowest BCUT2D eigenvalue weighted by atomic mass is 10.1. The van der Waals surface area contributed by atoms with Crippen molar-refractivity contribution in [3.8, 4) is 5.69 Å². The van der Waals surface area contributed by atoms with Gasteiger partial charge in [-0.1, -0.05) is 0 Å². The highest BCUT2D eigenvalue weighted by Gasteiger charge is 2.50. The van der Waals surface area contributed by atoms with Crippen LogP contribution in [0, 0.1) is 23.4 Å².